The van der Waals surface area contributed by atoms with Crippen molar-refractivity contribution >= 4 is 10.1 Å². The second kappa shape index (κ2) is 3.50. The second-order valence-corrected chi connectivity index (χ2v) is 6.19. The molecule has 2 unspecified atom stereocenters. The van der Waals surface area contributed by atoms with Gasteiger partial charge < -0.3 is 10.2 Å². The summed E-state index contributed by atoms with van der Waals surface area (Å²) in [5.74, 6) is -1.53. The van der Waals surface area contributed by atoms with Crippen LogP contribution in [0.2, 0.25) is 0 Å². The van der Waals surface area contributed by atoms with Crippen molar-refractivity contribution < 1.29 is 36.0 Å². The molecule has 0 aromatic carbocycles. The molecule has 10 heteroatoms. The van der Waals surface area contributed by atoms with Gasteiger partial charge in [0.1, 0.15) is 5.60 Å². The molecule has 110 valence electrons. The van der Waals surface area contributed by atoms with Crippen LogP contribution in [0.1, 0.15) is 23.5 Å². The maximum atomic E-state index is 12.4. The minimum absolute atomic E-state index is 0.122. The molecule has 0 spiro atoms. The number of alkyl halides is 3. The number of H-pyrrole nitrogens is 1. The van der Waals surface area contributed by atoms with Crippen LogP contribution in [0.15, 0.2) is 12.2 Å². The van der Waals surface area contributed by atoms with Crippen LogP contribution in [-0.2, 0) is 19.9 Å². The van der Waals surface area contributed by atoms with Crippen molar-refractivity contribution in [2.75, 3.05) is 0 Å². The van der Waals surface area contributed by atoms with E-state index in [1.54, 1.807) is 0 Å². The standard InChI is InChI=1S/C10H8F3NO5S/c11-10(12,13)20(17,18)19-9-2-1-4(3-9)5-6(9)8(16)14-7(5)15/h1-2,4,14-16H,3H2. The Kier molecular flexibility index (Phi) is 2.33. The first-order valence-electron chi connectivity index (χ1n) is 5.43. The zero-order chi connectivity index (χ0) is 14.9. The van der Waals surface area contributed by atoms with Crippen molar-refractivity contribution in [1.29, 1.82) is 0 Å². The second-order valence-electron chi connectivity index (χ2n) is 4.65. The molecule has 0 amide bonds. The normalized spacial score (nSPS) is 28.1. The highest BCUT2D eigenvalue weighted by Gasteiger charge is 2.58. The summed E-state index contributed by atoms with van der Waals surface area (Å²) in [7, 11) is -5.83. The molecule has 1 aromatic rings. The number of hydrogen-bond donors (Lipinski definition) is 3. The SMILES string of the molecule is O=S(=O)(OC12C=CC(C1)c1c(O)[nH]c(O)c12)C(F)(F)F. The van der Waals surface area contributed by atoms with Gasteiger partial charge in [0.25, 0.3) is 0 Å². The molecule has 2 aliphatic carbocycles. The third-order valence-electron chi connectivity index (χ3n) is 3.45. The Morgan fingerprint density at radius 3 is 2.60 bits per heavy atom. The smallest absolute Gasteiger partial charge is 0.494 e. The molecular formula is C10H8F3NO5S. The molecule has 0 saturated carbocycles. The molecule has 2 aliphatic rings. The number of aromatic amines is 1. The van der Waals surface area contributed by atoms with Gasteiger partial charge in [-0.2, -0.15) is 21.6 Å². The van der Waals surface area contributed by atoms with Crippen molar-refractivity contribution in [3.8, 4) is 11.8 Å². The minimum atomic E-state index is -5.83. The van der Waals surface area contributed by atoms with E-state index in [0.29, 0.717) is 0 Å². The molecular weight excluding hydrogens is 303 g/mol. The average molecular weight is 311 g/mol. The molecule has 0 aliphatic heterocycles. The van der Waals surface area contributed by atoms with E-state index in [2.05, 4.69) is 9.17 Å². The van der Waals surface area contributed by atoms with Crippen molar-refractivity contribution in [1.82, 2.24) is 4.98 Å². The summed E-state index contributed by atoms with van der Waals surface area (Å²) in [5.41, 5.74) is -7.52. The molecule has 1 heterocycles. The monoisotopic (exact) mass is 311 g/mol. The number of hydrogen-bond acceptors (Lipinski definition) is 5. The summed E-state index contributed by atoms with van der Waals surface area (Å²) in [6.45, 7) is 0. The highest BCUT2D eigenvalue weighted by atomic mass is 32.2. The van der Waals surface area contributed by atoms with Gasteiger partial charge in [-0.15, -0.1) is 0 Å². The lowest BCUT2D eigenvalue weighted by Gasteiger charge is -2.24. The van der Waals surface area contributed by atoms with E-state index < -0.39 is 38.9 Å². The predicted octanol–water partition coefficient (Wildman–Crippen LogP) is 1.54. The zero-order valence-corrected chi connectivity index (χ0v) is 10.4. The molecule has 1 aromatic heterocycles. The summed E-state index contributed by atoms with van der Waals surface area (Å²) in [5, 5.41) is 19.2. The van der Waals surface area contributed by atoms with Crippen molar-refractivity contribution in [2.24, 2.45) is 0 Å². The first-order valence-corrected chi connectivity index (χ1v) is 6.84. The lowest BCUT2D eigenvalue weighted by molar-refractivity contribution is -0.0618. The van der Waals surface area contributed by atoms with Gasteiger partial charge in [0.2, 0.25) is 0 Å². The average Bonchev–Trinajstić information content (AvgIpc) is 2.88. The van der Waals surface area contributed by atoms with E-state index in [1.165, 1.54) is 6.08 Å². The molecule has 0 saturated heterocycles. The van der Waals surface area contributed by atoms with Gasteiger partial charge in [0.05, 0.1) is 5.56 Å². The number of allylic oxidation sites excluding steroid dienone is 1. The fraction of sp³-hybridized carbons (Fsp3) is 0.400. The lowest BCUT2D eigenvalue weighted by Crippen LogP contribution is -2.34. The summed E-state index contributed by atoms with van der Waals surface area (Å²) < 4.78 is 64.0. The number of halogens is 3. The van der Waals surface area contributed by atoms with Crippen LogP contribution in [0.5, 0.6) is 11.8 Å². The van der Waals surface area contributed by atoms with Crippen LogP contribution >= 0.6 is 0 Å². The van der Waals surface area contributed by atoms with Gasteiger partial charge in [-0.3, -0.25) is 4.98 Å². The molecule has 0 radical (unpaired) electrons. The topological polar surface area (TPSA) is 99.6 Å². The molecule has 20 heavy (non-hydrogen) atoms. The Labute approximate surface area is 110 Å². The fourth-order valence-corrected chi connectivity index (χ4v) is 3.43. The van der Waals surface area contributed by atoms with Gasteiger partial charge in [0, 0.05) is 11.5 Å². The number of fused-ring (bicyclic) bond motifs is 5. The molecule has 2 atom stereocenters. The largest absolute Gasteiger partial charge is 0.523 e. The summed E-state index contributed by atoms with van der Waals surface area (Å²) >= 11 is 0. The van der Waals surface area contributed by atoms with Crippen molar-refractivity contribution in [2.45, 2.75) is 23.4 Å². The van der Waals surface area contributed by atoms with Gasteiger partial charge >= 0.3 is 15.6 Å². The Morgan fingerprint density at radius 2 is 2.00 bits per heavy atom. The van der Waals surface area contributed by atoms with E-state index in [4.69, 9.17) is 0 Å². The zero-order valence-electron chi connectivity index (χ0n) is 9.60. The van der Waals surface area contributed by atoms with Crippen LogP contribution in [0.3, 0.4) is 0 Å². The molecule has 2 bridgehead atoms. The van der Waals surface area contributed by atoms with Crippen molar-refractivity contribution in [3.05, 3.63) is 23.3 Å². The quantitative estimate of drug-likeness (QED) is 0.437. The molecule has 6 nitrogen and oxygen atoms in total. The highest BCUT2D eigenvalue weighted by molar-refractivity contribution is 7.87. The fourth-order valence-electron chi connectivity index (χ4n) is 2.74. The van der Waals surface area contributed by atoms with E-state index in [9.17, 15) is 31.8 Å². The minimum Gasteiger partial charge on any atom is -0.494 e. The van der Waals surface area contributed by atoms with E-state index in [-0.39, 0.29) is 17.5 Å². The number of aromatic hydroxyl groups is 2. The Morgan fingerprint density at radius 1 is 1.35 bits per heavy atom. The maximum absolute atomic E-state index is 12.4. The van der Waals surface area contributed by atoms with Gasteiger partial charge in [-0.05, 0) is 12.5 Å². The third-order valence-corrected chi connectivity index (χ3v) is 4.54. The summed E-state index contributed by atoms with van der Waals surface area (Å²) in [4.78, 5) is 2.14. The third kappa shape index (κ3) is 1.51. The maximum Gasteiger partial charge on any atom is 0.523 e. The van der Waals surface area contributed by atoms with Crippen LogP contribution in [0.4, 0.5) is 13.2 Å². The molecule has 3 rings (SSSR count). The number of aromatic nitrogens is 1. The first kappa shape index (κ1) is 13.3. The number of rotatable bonds is 2. The molecule has 3 N–H and O–H groups in total. The van der Waals surface area contributed by atoms with Crippen molar-refractivity contribution in [3.63, 3.8) is 0 Å². The summed E-state index contributed by atoms with van der Waals surface area (Å²) in [6.07, 6.45) is 2.46. The first-order chi connectivity index (χ1) is 9.07. The Bertz CT molecular complexity index is 720. The van der Waals surface area contributed by atoms with Gasteiger partial charge in [0.15, 0.2) is 11.8 Å². The summed E-state index contributed by atoms with van der Waals surface area (Å²) in [6, 6.07) is 0. The molecule has 0 fully saturated rings. The lowest BCUT2D eigenvalue weighted by atomic mass is 9.98. The van der Waals surface area contributed by atoms with Crippen LogP contribution in [-0.4, -0.2) is 29.1 Å². The van der Waals surface area contributed by atoms with E-state index in [0.717, 1.165) is 6.08 Å². The highest BCUT2D eigenvalue weighted by Crippen LogP contribution is 2.60. The van der Waals surface area contributed by atoms with Gasteiger partial charge in [-0.25, -0.2) is 4.18 Å². The van der Waals surface area contributed by atoms with Crippen LogP contribution < -0.4 is 0 Å². The van der Waals surface area contributed by atoms with E-state index >= 15 is 0 Å². The van der Waals surface area contributed by atoms with E-state index in [1.807, 2.05) is 0 Å². The Hall–Kier alpha value is -1.68. The van der Waals surface area contributed by atoms with Crippen LogP contribution in [0.25, 0.3) is 0 Å². The van der Waals surface area contributed by atoms with Crippen LogP contribution in [0, 0.1) is 0 Å². The van der Waals surface area contributed by atoms with Gasteiger partial charge in [-0.1, -0.05) is 6.08 Å². The number of nitrogens with one attached hydrogen (secondary N) is 1. The predicted molar refractivity (Wildman–Crippen MR) is 58.4 cm³/mol. The Balaban J connectivity index is 2.11.